The molecule has 2 N–H and O–H groups in total. The number of hydroxylamine groups is 1. The molecule has 3 heterocycles. The van der Waals surface area contributed by atoms with E-state index >= 15 is 0 Å². The second-order valence-electron chi connectivity index (χ2n) is 10.7. The SMILES string of the molecule is C=CC(=O)Nc1cc(Nc2cc(N3OCC[C@@H]3c3cccc(Oc4ccccc4)c3)ncn2)c(OC)cc1N1CCO[C@@H](C)C1. The molecular formula is C34H36N6O5. The Labute approximate surface area is 262 Å². The monoisotopic (exact) mass is 608 g/mol. The summed E-state index contributed by atoms with van der Waals surface area (Å²) in [6.45, 7) is 8.13. The lowest BCUT2D eigenvalue weighted by Crippen LogP contribution is -2.41. The Balaban J connectivity index is 1.25. The van der Waals surface area contributed by atoms with E-state index in [2.05, 4.69) is 38.1 Å². The van der Waals surface area contributed by atoms with Gasteiger partial charge in [-0.3, -0.25) is 9.63 Å². The highest BCUT2D eigenvalue weighted by molar-refractivity contribution is 6.02. The van der Waals surface area contributed by atoms with Crippen molar-refractivity contribution in [1.29, 1.82) is 0 Å². The van der Waals surface area contributed by atoms with E-state index in [-0.39, 0.29) is 18.1 Å². The van der Waals surface area contributed by atoms with Crippen molar-refractivity contribution in [3.63, 3.8) is 0 Å². The molecule has 232 valence electrons. The summed E-state index contributed by atoms with van der Waals surface area (Å²) in [6, 6.07) is 23.2. The van der Waals surface area contributed by atoms with Crippen LogP contribution < -0.4 is 30.1 Å². The van der Waals surface area contributed by atoms with Gasteiger partial charge in [0.2, 0.25) is 5.91 Å². The van der Waals surface area contributed by atoms with Crippen LogP contribution in [0.15, 0.2) is 91.8 Å². The zero-order valence-corrected chi connectivity index (χ0v) is 25.3. The number of benzene rings is 3. The van der Waals surface area contributed by atoms with Crippen LogP contribution in [0.4, 0.5) is 28.7 Å². The van der Waals surface area contributed by atoms with E-state index in [9.17, 15) is 4.79 Å². The summed E-state index contributed by atoms with van der Waals surface area (Å²) in [4.78, 5) is 29.6. The highest BCUT2D eigenvalue weighted by Crippen LogP contribution is 2.40. The number of rotatable bonds is 10. The minimum atomic E-state index is -0.312. The van der Waals surface area contributed by atoms with E-state index in [1.807, 2.05) is 78.7 Å². The van der Waals surface area contributed by atoms with Gasteiger partial charge in [-0.05, 0) is 48.9 Å². The van der Waals surface area contributed by atoms with Gasteiger partial charge < -0.3 is 29.7 Å². The zero-order chi connectivity index (χ0) is 31.2. The molecule has 0 bridgehead atoms. The molecule has 2 aliphatic heterocycles. The zero-order valence-electron chi connectivity index (χ0n) is 25.3. The van der Waals surface area contributed by atoms with Crippen molar-refractivity contribution in [2.24, 2.45) is 0 Å². The van der Waals surface area contributed by atoms with Gasteiger partial charge in [0.25, 0.3) is 0 Å². The lowest BCUT2D eigenvalue weighted by atomic mass is 10.0. The van der Waals surface area contributed by atoms with Crippen molar-refractivity contribution in [2.75, 3.05) is 54.0 Å². The van der Waals surface area contributed by atoms with Gasteiger partial charge in [0, 0.05) is 31.6 Å². The maximum absolute atomic E-state index is 12.4. The fourth-order valence-corrected chi connectivity index (χ4v) is 5.50. The standard InChI is InChI=1S/C34H36N6O5/c1-4-34(41)38-27-18-28(31(42-3)19-30(27)39-14-16-43-23(2)21-39)37-32-20-33(36-22-35-32)40-29(13-15-44-40)24-9-8-12-26(17-24)45-25-10-6-5-7-11-25/h4-12,17-20,22-23,29H,1,13-16,21H2,2-3H3,(H,38,41)(H,35,36,37)/t23-,29+/m0/s1. The summed E-state index contributed by atoms with van der Waals surface area (Å²) in [7, 11) is 1.61. The van der Waals surface area contributed by atoms with Gasteiger partial charge in [0.15, 0.2) is 5.82 Å². The summed E-state index contributed by atoms with van der Waals surface area (Å²) in [5, 5.41) is 8.10. The van der Waals surface area contributed by atoms with Crippen LogP contribution in [-0.2, 0) is 14.4 Å². The average Bonchev–Trinajstić information content (AvgIpc) is 3.56. The van der Waals surface area contributed by atoms with Crippen LogP contribution >= 0.6 is 0 Å². The molecule has 2 saturated heterocycles. The van der Waals surface area contributed by atoms with Gasteiger partial charge in [-0.1, -0.05) is 36.9 Å². The Bertz CT molecular complexity index is 1650. The minimum Gasteiger partial charge on any atom is -0.494 e. The molecule has 2 fully saturated rings. The Morgan fingerprint density at radius 3 is 2.67 bits per heavy atom. The summed E-state index contributed by atoms with van der Waals surface area (Å²) in [5.41, 5.74) is 3.12. The number of nitrogens with zero attached hydrogens (tertiary/aromatic N) is 4. The van der Waals surface area contributed by atoms with Gasteiger partial charge >= 0.3 is 0 Å². The van der Waals surface area contributed by atoms with Gasteiger partial charge in [-0.2, -0.15) is 0 Å². The molecule has 2 aliphatic rings. The fraction of sp³-hybridized carbons (Fsp3) is 0.265. The average molecular weight is 609 g/mol. The molecule has 0 radical (unpaired) electrons. The van der Waals surface area contributed by atoms with Crippen LogP contribution in [0.3, 0.4) is 0 Å². The van der Waals surface area contributed by atoms with E-state index in [1.165, 1.54) is 12.4 Å². The third kappa shape index (κ3) is 7.00. The van der Waals surface area contributed by atoms with Gasteiger partial charge in [0.05, 0.1) is 49.5 Å². The van der Waals surface area contributed by atoms with Crippen LogP contribution in [0.25, 0.3) is 0 Å². The molecule has 1 amide bonds. The van der Waals surface area contributed by atoms with E-state index in [4.69, 9.17) is 19.0 Å². The number of para-hydroxylation sites is 1. The topological polar surface area (TPSA) is 110 Å². The third-order valence-electron chi connectivity index (χ3n) is 7.61. The highest BCUT2D eigenvalue weighted by Gasteiger charge is 2.30. The van der Waals surface area contributed by atoms with Crippen molar-refractivity contribution >= 4 is 34.6 Å². The summed E-state index contributed by atoms with van der Waals surface area (Å²) in [5.74, 6) is 2.93. The molecule has 11 nitrogen and oxygen atoms in total. The Kier molecular flexibility index (Phi) is 9.09. The first-order chi connectivity index (χ1) is 22.0. The molecular weight excluding hydrogens is 572 g/mol. The summed E-state index contributed by atoms with van der Waals surface area (Å²) in [6.07, 6.45) is 3.57. The number of nitrogens with one attached hydrogen (secondary N) is 2. The maximum atomic E-state index is 12.4. The molecule has 0 spiro atoms. The van der Waals surface area contributed by atoms with Gasteiger partial charge in [-0.25, -0.2) is 15.0 Å². The molecule has 45 heavy (non-hydrogen) atoms. The number of hydrogen-bond donors (Lipinski definition) is 2. The Morgan fingerprint density at radius 2 is 1.87 bits per heavy atom. The quantitative estimate of drug-likeness (QED) is 0.200. The summed E-state index contributed by atoms with van der Waals surface area (Å²) < 4.78 is 17.6. The van der Waals surface area contributed by atoms with E-state index < -0.39 is 0 Å². The third-order valence-corrected chi connectivity index (χ3v) is 7.61. The van der Waals surface area contributed by atoms with Crippen molar-refractivity contribution in [2.45, 2.75) is 25.5 Å². The molecule has 0 saturated carbocycles. The molecule has 1 aromatic heterocycles. The van der Waals surface area contributed by atoms with Crippen molar-refractivity contribution in [3.05, 3.63) is 97.3 Å². The van der Waals surface area contributed by atoms with Crippen molar-refractivity contribution in [1.82, 2.24) is 9.97 Å². The predicted molar refractivity (Wildman–Crippen MR) is 174 cm³/mol. The van der Waals surface area contributed by atoms with Crippen LogP contribution in [0.5, 0.6) is 17.2 Å². The molecule has 0 aliphatic carbocycles. The molecule has 6 rings (SSSR count). The molecule has 0 unspecified atom stereocenters. The number of hydrogen-bond acceptors (Lipinski definition) is 10. The number of carbonyl (C=O) groups excluding carboxylic acids is 1. The first-order valence-electron chi connectivity index (χ1n) is 14.9. The van der Waals surface area contributed by atoms with Crippen LogP contribution in [0.2, 0.25) is 0 Å². The van der Waals surface area contributed by atoms with E-state index in [0.29, 0.717) is 55.1 Å². The van der Waals surface area contributed by atoms with Gasteiger partial charge in [0.1, 0.15) is 29.4 Å². The number of morpholine rings is 1. The van der Waals surface area contributed by atoms with Crippen molar-refractivity contribution in [3.8, 4) is 17.2 Å². The number of carbonyl (C=O) groups is 1. The molecule has 3 aromatic carbocycles. The molecule has 4 aromatic rings. The molecule has 2 atom stereocenters. The number of anilines is 5. The number of amides is 1. The first-order valence-corrected chi connectivity index (χ1v) is 14.9. The predicted octanol–water partition coefficient (Wildman–Crippen LogP) is 6.25. The maximum Gasteiger partial charge on any atom is 0.247 e. The second-order valence-corrected chi connectivity index (χ2v) is 10.7. The summed E-state index contributed by atoms with van der Waals surface area (Å²) >= 11 is 0. The second kappa shape index (κ2) is 13.7. The van der Waals surface area contributed by atoms with E-state index in [1.54, 1.807) is 7.11 Å². The Morgan fingerprint density at radius 1 is 1.02 bits per heavy atom. The number of aromatic nitrogens is 2. The minimum absolute atomic E-state index is 0.0560. The lowest BCUT2D eigenvalue weighted by molar-refractivity contribution is -0.111. The normalized spacial score (nSPS) is 17.9. The first kappa shape index (κ1) is 29.9. The van der Waals surface area contributed by atoms with E-state index in [0.717, 1.165) is 29.2 Å². The Hall–Kier alpha value is -5.13. The highest BCUT2D eigenvalue weighted by atomic mass is 16.7. The molecule has 11 heteroatoms. The van der Waals surface area contributed by atoms with Crippen LogP contribution in [-0.4, -0.2) is 55.4 Å². The number of ether oxygens (including phenoxy) is 3. The largest absolute Gasteiger partial charge is 0.494 e. The van der Waals surface area contributed by atoms with Crippen LogP contribution in [0.1, 0.15) is 24.9 Å². The lowest BCUT2D eigenvalue weighted by Gasteiger charge is -2.34. The number of methoxy groups -OCH3 is 1. The van der Waals surface area contributed by atoms with Crippen molar-refractivity contribution < 1.29 is 23.8 Å². The smallest absolute Gasteiger partial charge is 0.247 e. The van der Waals surface area contributed by atoms with Crippen LogP contribution in [0, 0.1) is 0 Å². The fourth-order valence-electron chi connectivity index (χ4n) is 5.50. The van der Waals surface area contributed by atoms with Gasteiger partial charge in [-0.15, -0.1) is 0 Å².